The third kappa shape index (κ3) is 5.03. The largest absolute Gasteiger partial charge is 0.391 e. The van der Waals surface area contributed by atoms with Gasteiger partial charge in [-0.25, -0.2) is 4.39 Å². The van der Waals surface area contributed by atoms with Crippen LogP contribution in [0, 0.1) is 5.82 Å². The van der Waals surface area contributed by atoms with Crippen LogP contribution < -0.4 is 0 Å². The number of halogens is 1. The predicted molar refractivity (Wildman–Crippen MR) is 83.7 cm³/mol. The zero-order valence-electron chi connectivity index (χ0n) is 12.3. The third-order valence-corrected chi connectivity index (χ3v) is 3.19. The van der Waals surface area contributed by atoms with Gasteiger partial charge in [0, 0.05) is 0 Å². The minimum Gasteiger partial charge on any atom is -0.391 e. The van der Waals surface area contributed by atoms with Gasteiger partial charge in [-0.2, -0.15) is 0 Å². The molecule has 2 aromatic rings. The molecule has 0 heterocycles. The zero-order valence-corrected chi connectivity index (χ0v) is 12.3. The Kier molecular flexibility index (Phi) is 5.95. The molecule has 3 heteroatoms. The number of nitrogens with zero attached hydrogens (tertiary/aromatic N) is 1. The van der Waals surface area contributed by atoms with Crippen LogP contribution in [-0.2, 0) is 11.4 Å². The first-order chi connectivity index (χ1) is 10.3. The summed E-state index contributed by atoms with van der Waals surface area (Å²) in [5.41, 5.74) is 2.86. The van der Waals surface area contributed by atoms with Crippen LogP contribution in [0.5, 0.6) is 0 Å². The number of rotatable bonds is 7. The fraction of sp³-hybridized carbons (Fsp3) is 0.278. The minimum absolute atomic E-state index is 0.237. The first-order valence-electron chi connectivity index (χ1n) is 7.28. The Morgan fingerprint density at radius 3 is 2.43 bits per heavy atom. The molecular weight excluding hydrogens is 265 g/mol. The minimum atomic E-state index is -0.237. The van der Waals surface area contributed by atoms with Crippen LogP contribution in [0.3, 0.4) is 0 Å². The van der Waals surface area contributed by atoms with Crippen LogP contribution in [0.15, 0.2) is 59.8 Å². The van der Waals surface area contributed by atoms with Crippen LogP contribution in [0.25, 0.3) is 0 Å². The first kappa shape index (κ1) is 15.2. The summed E-state index contributed by atoms with van der Waals surface area (Å²) in [5.74, 6) is -0.237. The summed E-state index contributed by atoms with van der Waals surface area (Å²) < 4.78 is 13.0. The van der Waals surface area contributed by atoms with Gasteiger partial charge in [-0.3, -0.25) is 0 Å². The second-order valence-electron chi connectivity index (χ2n) is 4.91. The highest BCUT2D eigenvalue weighted by atomic mass is 19.1. The SMILES string of the molecule is CCCCC(=NOCc1ccccc1)c1ccc(F)cc1. The van der Waals surface area contributed by atoms with Gasteiger partial charge >= 0.3 is 0 Å². The van der Waals surface area contributed by atoms with E-state index in [9.17, 15) is 4.39 Å². The van der Waals surface area contributed by atoms with E-state index in [-0.39, 0.29) is 5.82 Å². The van der Waals surface area contributed by atoms with Gasteiger partial charge in [0.05, 0.1) is 5.71 Å². The van der Waals surface area contributed by atoms with Crippen LogP contribution in [0.1, 0.15) is 37.3 Å². The van der Waals surface area contributed by atoms with E-state index in [1.807, 2.05) is 30.3 Å². The van der Waals surface area contributed by atoms with Crippen molar-refractivity contribution in [2.75, 3.05) is 0 Å². The molecule has 0 aliphatic heterocycles. The lowest BCUT2D eigenvalue weighted by atomic mass is 10.1. The van der Waals surface area contributed by atoms with Gasteiger partial charge in [-0.05, 0) is 36.1 Å². The second kappa shape index (κ2) is 8.20. The summed E-state index contributed by atoms with van der Waals surface area (Å²) in [6.45, 7) is 2.57. The maximum atomic E-state index is 13.0. The van der Waals surface area contributed by atoms with Crippen LogP contribution in [-0.4, -0.2) is 5.71 Å². The van der Waals surface area contributed by atoms with E-state index < -0.39 is 0 Å². The van der Waals surface area contributed by atoms with Gasteiger partial charge < -0.3 is 4.84 Å². The van der Waals surface area contributed by atoms with Crippen molar-refractivity contribution < 1.29 is 9.23 Å². The molecule has 0 aliphatic carbocycles. The smallest absolute Gasteiger partial charge is 0.142 e. The molecule has 0 aliphatic rings. The molecule has 0 spiro atoms. The van der Waals surface area contributed by atoms with Gasteiger partial charge in [0.1, 0.15) is 12.4 Å². The summed E-state index contributed by atoms with van der Waals surface area (Å²) in [4.78, 5) is 5.46. The van der Waals surface area contributed by atoms with Gasteiger partial charge in [0.25, 0.3) is 0 Å². The first-order valence-corrected chi connectivity index (χ1v) is 7.28. The van der Waals surface area contributed by atoms with Crippen LogP contribution >= 0.6 is 0 Å². The Morgan fingerprint density at radius 2 is 1.76 bits per heavy atom. The molecule has 110 valence electrons. The monoisotopic (exact) mass is 285 g/mol. The van der Waals surface area contributed by atoms with Crippen molar-refractivity contribution in [2.45, 2.75) is 32.8 Å². The normalized spacial score (nSPS) is 11.4. The molecule has 0 saturated heterocycles. The average Bonchev–Trinajstić information content (AvgIpc) is 2.53. The summed E-state index contributed by atoms with van der Waals surface area (Å²) in [5, 5.41) is 4.25. The molecule has 0 bridgehead atoms. The molecule has 0 unspecified atom stereocenters. The van der Waals surface area contributed by atoms with Gasteiger partial charge in [0.2, 0.25) is 0 Å². The lowest BCUT2D eigenvalue weighted by Gasteiger charge is -2.07. The van der Waals surface area contributed by atoms with Gasteiger partial charge in [-0.15, -0.1) is 0 Å². The number of oxime groups is 1. The quantitative estimate of drug-likeness (QED) is 0.521. The van der Waals surface area contributed by atoms with Crippen molar-refractivity contribution in [1.82, 2.24) is 0 Å². The van der Waals surface area contributed by atoms with Gasteiger partial charge in [-0.1, -0.05) is 61.0 Å². The van der Waals surface area contributed by atoms with E-state index in [4.69, 9.17) is 4.84 Å². The Morgan fingerprint density at radius 1 is 1.05 bits per heavy atom. The lowest BCUT2D eigenvalue weighted by Crippen LogP contribution is -2.02. The summed E-state index contributed by atoms with van der Waals surface area (Å²) >= 11 is 0. The fourth-order valence-corrected chi connectivity index (χ4v) is 1.99. The van der Waals surface area contributed by atoms with E-state index in [1.165, 1.54) is 12.1 Å². The van der Waals surface area contributed by atoms with Crippen molar-refractivity contribution in [3.63, 3.8) is 0 Å². The average molecular weight is 285 g/mol. The summed E-state index contributed by atoms with van der Waals surface area (Å²) in [6, 6.07) is 16.3. The Balaban J connectivity index is 2.04. The van der Waals surface area contributed by atoms with E-state index in [0.29, 0.717) is 6.61 Å². The van der Waals surface area contributed by atoms with E-state index >= 15 is 0 Å². The van der Waals surface area contributed by atoms with E-state index in [0.717, 1.165) is 36.1 Å². The highest BCUT2D eigenvalue weighted by molar-refractivity contribution is 6.00. The van der Waals surface area contributed by atoms with Crippen molar-refractivity contribution in [1.29, 1.82) is 0 Å². The summed E-state index contributed by atoms with van der Waals surface area (Å²) in [6.07, 6.45) is 2.95. The molecule has 0 N–H and O–H groups in total. The highest BCUT2D eigenvalue weighted by Gasteiger charge is 2.05. The molecular formula is C18H20FNO. The summed E-state index contributed by atoms with van der Waals surface area (Å²) in [7, 11) is 0. The molecule has 2 aromatic carbocycles. The number of benzene rings is 2. The van der Waals surface area contributed by atoms with Crippen molar-refractivity contribution in [2.24, 2.45) is 5.16 Å². The molecule has 0 aromatic heterocycles. The number of unbranched alkanes of at least 4 members (excludes halogenated alkanes) is 1. The highest BCUT2D eigenvalue weighted by Crippen LogP contribution is 2.11. The molecule has 0 atom stereocenters. The van der Waals surface area contributed by atoms with E-state index in [1.54, 1.807) is 12.1 Å². The second-order valence-corrected chi connectivity index (χ2v) is 4.91. The Labute approximate surface area is 125 Å². The third-order valence-electron chi connectivity index (χ3n) is 3.19. The molecule has 2 rings (SSSR count). The molecule has 0 fully saturated rings. The fourth-order valence-electron chi connectivity index (χ4n) is 1.99. The molecule has 0 radical (unpaired) electrons. The van der Waals surface area contributed by atoms with Crippen molar-refractivity contribution >= 4 is 5.71 Å². The molecule has 0 amide bonds. The maximum absolute atomic E-state index is 13.0. The van der Waals surface area contributed by atoms with Crippen LogP contribution in [0.2, 0.25) is 0 Å². The number of hydrogen-bond acceptors (Lipinski definition) is 2. The lowest BCUT2D eigenvalue weighted by molar-refractivity contribution is 0.130. The van der Waals surface area contributed by atoms with Gasteiger partial charge in [0.15, 0.2) is 0 Å². The van der Waals surface area contributed by atoms with Crippen LogP contribution in [0.4, 0.5) is 4.39 Å². The maximum Gasteiger partial charge on any atom is 0.142 e. The molecule has 21 heavy (non-hydrogen) atoms. The molecule has 0 saturated carbocycles. The Hall–Kier alpha value is -2.16. The zero-order chi connectivity index (χ0) is 14.9. The number of hydrogen-bond donors (Lipinski definition) is 0. The standard InChI is InChI=1S/C18H20FNO/c1-2-3-9-18(16-10-12-17(19)13-11-16)20-21-14-15-7-5-4-6-8-15/h4-8,10-13H,2-3,9,14H2,1H3. The molecule has 2 nitrogen and oxygen atoms in total. The van der Waals surface area contributed by atoms with Crippen molar-refractivity contribution in [3.05, 3.63) is 71.5 Å². The topological polar surface area (TPSA) is 21.6 Å². The van der Waals surface area contributed by atoms with E-state index in [2.05, 4.69) is 12.1 Å². The van der Waals surface area contributed by atoms with Crippen molar-refractivity contribution in [3.8, 4) is 0 Å². The Bertz CT molecular complexity index is 564. The predicted octanol–water partition coefficient (Wildman–Crippen LogP) is 4.94.